The maximum atomic E-state index is 5.91. The average molecular weight is 230 g/mol. The third kappa shape index (κ3) is 1.79. The number of nitrogens with two attached hydrogens (primary N) is 1. The fourth-order valence-electron chi connectivity index (χ4n) is 1.20. The van der Waals surface area contributed by atoms with Crippen molar-refractivity contribution >= 4 is 15.9 Å². The van der Waals surface area contributed by atoms with Gasteiger partial charge in [-0.15, -0.1) is 0 Å². The highest BCUT2D eigenvalue weighted by molar-refractivity contribution is 9.11. The first-order chi connectivity index (χ1) is 5.77. The highest BCUT2D eigenvalue weighted by Crippen LogP contribution is 2.29. The van der Waals surface area contributed by atoms with E-state index in [0.29, 0.717) is 6.10 Å². The van der Waals surface area contributed by atoms with Crippen LogP contribution in [-0.2, 0) is 4.74 Å². The van der Waals surface area contributed by atoms with Crippen LogP contribution in [0.3, 0.4) is 0 Å². The highest BCUT2D eigenvalue weighted by atomic mass is 79.9. The van der Waals surface area contributed by atoms with E-state index in [4.69, 9.17) is 10.5 Å². The molecule has 0 aromatic carbocycles. The lowest BCUT2D eigenvalue weighted by atomic mass is 10.1. The van der Waals surface area contributed by atoms with Crippen molar-refractivity contribution in [3.05, 3.63) is 22.7 Å². The van der Waals surface area contributed by atoms with Crippen LogP contribution in [0.5, 0.6) is 0 Å². The first kappa shape index (κ1) is 8.48. The number of hydrogen-bond donors (Lipinski definition) is 1. The van der Waals surface area contributed by atoms with Gasteiger partial charge in [-0.2, -0.15) is 0 Å². The van der Waals surface area contributed by atoms with Crippen LogP contribution in [-0.4, -0.2) is 18.2 Å². The van der Waals surface area contributed by atoms with Gasteiger partial charge in [0.05, 0.1) is 18.2 Å². The van der Waals surface area contributed by atoms with Crippen molar-refractivity contribution < 1.29 is 4.74 Å². The summed E-state index contributed by atoms with van der Waals surface area (Å²) in [6.45, 7) is 0. The van der Waals surface area contributed by atoms with Crippen LogP contribution in [0.4, 0.5) is 0 Å². The van der Waals surface area contributed by atoms with Gasteiger partial charge in [0.25, 0.3) is 0 Å². The number of rotatable bonds is 2. The Bertz CT molecular complexity index is 233. The van der Waals surface area contributed by atoms with Gasteiger partial charge in [0, 0.05) is 4.48 Å². The van der Waals surface area contributed by atoms with Crippen molar-refractivity contribution in [2.45, 2.75) is 31.1 Å². The summed E-state index contributed by atoms with van der Waals surface area (Å²) in [5, 5.41) is 0. The van der Waals surface area contributed by atoms with E-state index in [9.17, 15) is 0 Å². The lowest BCUT2D eigenvalue weighted by molar-refractivity contribution is 0.0622. The van der Waals surface area contributed by atoms with Gasteiger partial charge >= 0.3 is 0 Å². The Hall–Kier alpha value is -0.120. The molecule has 2 N–H and O–H groups in total. The van der Waals surface area contributed by atoms with Crippen molar-refractivity contribution in [2.24, 2.45) is 5.73 Å². The van der Waals surface area contributed by atoms with Crippen LogP contribution < -0.4 is 5.73 Å². The minimum Gasteiger partial charge on any atom is -0.369 e. The Labute approximate surface area is 80.6 Å². The third-order valence-electron chi connectivity index (χ3n) is 2.10. The molecule has 0 amide bonds. The molecule has 0 aliphatic heterocycles. The molecule has 12 heavy (non-hydrogen) atoms. The zero-order chi connectivity index (χ0) is 8.55. The van der Waals surface area contributed by atoms with Crippen molar-refractivity contribution in [2.75, 3.05) is 0 Å². The fourth-order valence-corrected chi connectivity index (χ4v) is 1.61. The second-order valence-electron chi connectivity index (χ2n) is 3.26. The van der Waals surface area contributed by atoms with Gasteiger partial charge in [-0.25, -0.2) is 0 Å². The van der Waals surface area contributed by atoms with Gasteiger partial charge in [-0.05, 0) is 12.8 Å². The molecule has 0 aromatic rings. The lowest BCUT2D eigenvalue weighted by Crippen LogP contribution is -2.37. The topological polar surface area (TPSA) is 35.2 Å². The largest absolute Gasteiger partial charge is 0.369 e. The summed E-state index contributed by atoms with van der Waals surface area (Å²) in [5.41, 5.74) is 5.91. The normalized spacial score (nSPS) is 35.0. The van der Waals surface area contributed by atoms with E-state index in [2.05, 4.69) is 15.9 Å². The molecule has 0 heterocycles. The first-order valence-electron chi connectivity index (χ1n) is 4.22. The van der Waals surface area contributed by atoms with E-state index in [1.54, 1.807) is 0 Å². The van der Waals surface area contributed by atoms with E-state index < -0.39 is 0 Å². The van der Waals surface area contributed by atoms with E-state index in [0.717, 1.165) is 4.48 Å². The molecule has 2 unspecified atom stereocenters. The molecule has 0 bridgehead atoms. The quantitative estimate of drug-likeness (QED) is 0.783. The SMILES string of the molecule is NC1C(Br)=CC=CC1OC1CC1. The van der Waals surface area contributed by atoms with Gasteiger partial charge in [0.1, 0.15) is 0 Å². The van der Waals surface area contributed by atoms with Gasteiger partial charge in [0.15, 0.2) is 0 Å². The molecule has 0 saturated heterocycles. The molecule has 2 rings (SSSR count). The molecule has 0 radical (unpaired) electrons. The number of allylic oxidation sites excluding steroid dienone is 2. The summed E-state index contributed by atoms with van der Waals surface area (Å²) in [5.74, 6) is 0. The minimum atomic E-state index is -0.0180. The van der Waals surface area contributed by atoms with Crippen molar-refractivity contribution in [3.63, 3.8) is 0 Å². The lowest BCUT2D eigenvalue weighted by Gasteiger charge is -2.23. The molecule has 0 aromatic heterocycles. The predicted octanol–water partition coefficient (Wildman–Crippen LogP) is 1.71. The van der Waals surface area contributed by atoms with Crippen LogP contribution in [0.15, 0.2) is 22.7 Å². The van der Waals surface area contributed by atoms with Crippen LogP contribution >= 0.6 is 15.9 Å². The Balaban J connectivity index is 1.97. The Morgan fingerprint density at radius 3 is 2.92 bits per heavy atom. The van der Waals surface area contributed by atoms with Gasteiger partial charge in [0.2, 0.25) is 0 Å². The van der Waals surface area contributed by atoms with E-state index in [1.165, 1.54) is 12.8 Å². The summed E-state index contributed by atoms with van der Waals surface area (Å²) in [7, 11) is 0. The van der Waals surface area contributed by atoms with Gasteiger partial charge in [-0.3, -0.25) is 0 Å². The van der Waals surface area contributed by atoms with E-state index in [-0.39, 0.29) is 12.1 Å². The standard InChI is InChI=1S/C9H12BrNO/c10-7-2-1-3-8(9(7)11)12-6-4-5-6/h1-3,6,8-9H,4-5,11H2. The summed E-state index contributed by atoms with van der Waals surface area (Å²) in [6, 6.07) is -0.0180. The first-order valence-corrected chi connectivity index (χ1v) is 5.01. The average Bonchev–Trinajstić information content (AvgIpc) is 2.83. The van der Waals surface area contributed by atoms with Crippen LogP contribution in [0.2, 0.25) is 0 Å². The van der Waals surface area contributed by atoms with Crippen LogP contribution in [0, 0.1) is 0 Å². The van der Waals surface area contributed by atoms with E-state index >= 15 is 0 Å². The summed E-state index contributed by atoms with van der Waals surface area (Å²) >= 11 is 3.41. The maximum Gasteiger partial charge on any atom is 0.0960 e. The van der Waals surface area contributed by atoms with E-state index in [1.807, 2.05) is 18.2 Å². The van der Waals surface area contributed by atoms with Crippen molar-refractivity contribution in [1.29, 1.82) is 0 Å². The minimum absolute atomic E-state index is 0.0180. The second kappa shape index (κ2) is 3.32. The zero-order valence-corrected chi connectivity index (χ0v) is 8.33. The second-order valence-corrected chi connectivity index (χ2v) is 4.18. The van der Waals surface area contributed by atoms with Crippen LogP contribution in [0.25, 0.3) is 0 Å². The van der Waals surface area contributed by atoms with Crippen LogP contribution in [0.1, 0.15) is 12.8 Å². The summed E-state index contributed by atoms with van der Waals surface area (Å²) in [4.78, 5) is 0. The molecular weight excluding hydrogens is 218 g/mol. The molecule has 0 spiro atoms. The maximum absolute atomic E-state index is 5.91. The molecular formula is C9H12BrNO. The molecule has 2 aliphatic carbocycles. The smallest absolute Gasteiger partial charge is 0.0960 e. The van der Waals surface area contributed by atoms with Gasteiger partial charge < -0.3 is 10.5 Å². The zero-order valence-electron chi connectivity index (χ0n) is 6.74. The summed E-state index contributed by atoms with van der Waals surface area (Å²) in [6.07, 6.45) is 8.89. The molecule has 1 saturated carbocycles. The van der Waals surface area contributed by atoms with Gasteiger partial charge in [-0.1, -0.05) is 34.2 Å². The fraction of sp³-hybridized carbons (Fsp3) is 0.556. The monoisotopic (exact) mass is 229 g/mol. The predicted molar refractivity (Wildman–Crippen MR) is 52.0 cm³/mol. The van der Waals surface area contributed by atoms with Crippen molar-refractivity contribution in [1.82, 2.24) is 0 Å². The Morgan fingerprint density at radius 2 is 2.25 bits per heavy atom. The van der Waals surface area contributed by atoms with Crippen molar-refractivity contribution in [3.8, 4) is 0 Å². The Morgan fingerprint density at radius 1 is 1.50 bits per heavy atom. The number of hydrogen-bond acceptors (Lipinski definition) is 2. The molecule has 2 nitrogen and oxygen atoms in total. The highest BCUT2D eigenvalue weighted by Gasteiger charge is 2.29. The third-order valence-corrected chi connectivity index (χ3v) is 2.90. The molecule has 66 valence electrons. The summed E-state index contributed by atoms with van der Waals surface area (Å²) < 4.78 is 6.73. The number of halogens is 1. The molecule has 3 heteroatoms. The molecule has 2 aliphatic rings. The number of ether oxygens (including phenoxy) is 1. The molecule has 2 atom stereocenters. The Kier molecular flexibility index (Phi) is 2.35. The molecule has 1 fully saturated rings.